The van der Waals surface area contributed by atoms with E-state index < -0.39 is 5.82 Å². The van der Waals surface area contributed by atoms with Crippen molar-refractivity contribution < 1.29 is 18.7 Å². The summed E-state index contributed by atoms with van der Waals surface area (Å²) in [6.07, 6.45) is 1.02. The van der Waals surface area contributed by atoms with E-state index in [0.717, 1.165) is 4.76 Å². The molecule has 0 radical (unpaired) electrons. The van der Waals surface area contributed by atoms with Crippen LogP contribution in [0.5, 0.6) is 0 Å². The normalized spacial score (nSPS) is 14.6. The van der Waals surface area contributed by atoms with E-state index in [1.165, 1.54) is 19.2 Å². The molecule has 2 aromatic rings. The molecular weight excluding hydrogens is 429 g/mol. The van der Waals surface area contributed by atoms with Crippen molar-refractivity contribution in [3.8, 4) is 0 Å². The third-order valence-corrected chi connectivity index (χ3v) is 5.31. The number of carbonyl (C=O) groups is 2. The fraction of sp³-hybridized carbons (Fsp3) is 0.300. The van der Waals surface area contributed by atoms with E-state index in [2.05, 4.69) is 21.2 Å². The molecule has 0 saturated carbocycles. The molecule has 0 bridgehead atoms. The summed E-state index contributed by atoms with van der Waals surface area (Å²) in [5.41, 5.74) is 1.13. The lowest BCUT2D eigenvalue weighted by atomic mass is 9.95. The first-order valence-corrected chi connectivity index (χ1v) is 9.70. The number of amides is 2. The molecule has 1 fully saturated rings. The number of likely N-dealkylation sites (tertiary alicyclic amines) is 1. The van der Waals surface area contributed by atoms with Gasteiger partial charge in [-0.15, -0.1) is 0 Å². The summed E-state index contributed by atoms with van der Waals surface area (Å²) in [6, 6.07) is 10.9. The van der Waals surface area contributed by atoms with E-state index in [1.54, 1.807) is 35.2 Å². The molecule has 0 spiro atoms. The van der Waals surface area contributed by atoms with Gasteiger partial charge in [-0.2, -0.15) is 0 Å². The average molecular weight is 449 g/mol. The van der Waals surface area contributed by atoms with Crippen LogP contribution >= 0.6 is 15.9 Å². The van der Waals surface area contributed by atoms with Gasteiger partial charge in [-0.1, -0.05) is 15.9 Å². The Balaban J connectivity index is 1.56. The minimum Gasteiger partial charge on any atom is -0.339 e. The monoisotopic (exact) mass is 448 g/mol. The molecule has 1 saturated heterocycles. The van der Waals surface area contributed by atoms with Crippen LogP contribution in [0.1, 0.15) is 23.2 Å². The SMILES string of the molecule is C[N+](=O)c1ccc(C(=O)N2CCC(C(=O)Nc3ccc(Br)cc3F)CC2)cc1. The van der Waals surface area contributed by atoms with Crippen LogP contribution < -0.4 is 5.32 Å². The smallest absolute Gasteiger partial charge is 0.255 e. The van der Waals surface area contributed by atoms with E-state index in [1.807, 2.05) is 0 Å². The third kappa shape index (κ3) is 4.62. The first kappa shape index (κ1) is 20.1. The Morgan fingerprint density at radius 3 is 2.36 bits per heavy atom. The van der Waals surface area contributed by atoms with Crippen molar-refractivity contribution in [1.82, 2.24) is 4.90 Å². The number of rotatable bonds is 4. The van der Waals surface area contributed by atoms with Crippen molar-refractivity contribution in [1.29, 1.82) is 0 Å². The minimum absolute atomic E-state index is 0.127. The van der Waals surface area contributed by atoms with Gasteiger partial charge in [0, 0.05) is 50.8 Å². The first-order chi connectivity index (χ1) is 13.3. The summed E-state index contributed by atoms with van der Waals surface area (Å²) in [7, 11) is 1.40. The maximum atomic E-state index is 13.9. The van der Waals surface area contributed by atoms with Crippen LogP contribution in [-0.4, -0.2) is 41.6 Å². The molecule has 1 aliphatic rings. The molecule has 0 unspecified atom stereocenters. The van der Waals surface area contributed by atoms with Gasteiger partial charge < -0.3 is 10.2 Å². The Kier molecular flexibility index (Phi) is 6.18. The molecular formula is C20H20BrFN3O3+. The van der Waals surface area contributed by atoms with Crippen LogP contribution in [0.2, 0.25) is 0 Å². The quantitative estimate of drug-likeness (QED) is 0.715. The molecule has 0 atom stereocenters. The van der Waals surface area contributed by atoms with Crippen molar-refractivity contribution >= 4 is 39.1 Å². The minimum atomic E-state index is -0.498. The second kappa shape index (κ2) is 8.60. The number of hydrogen-bond donors (Lipinski definition) is 1. The van der Waals surface area contributed by atoms with Crippen LogP contribution in [0.15, 0.2) is 46.9 Å². The summed E-state index contributed by atoms with van der Waals surface area (Å²) in [5.74, 6) is -1.14. The highest BCUT2D eigenvalue weighted by atomic mass is 79.9. The van der Waals surface area contributed by atoms with Crippen LogP contribution in [-0.2, 0) is 4.79 Å². The topological polar surface area (TPSA) is 69.5 Å². The molecule has 8 heteroatoms. The average Bonchev–Trinajstić information content (AvgIpc) is 2.69. The van der Waals surface area contributed by atoms with E-state index in [0.29, 0.717) is 41.7 Å². The van der Waals surface area contributed by atoms with Gasteiger partial charge in [-0.25, -0.2) is 4.39 Å². The number of anilines is 1. The molecule has 28 heavy (non-hydrogen) atoms. The first-order valence-electron chi connectivity index (χ1n) is 8.91. The number of halogens is 2. The van der Waals surface area contributed by atoms with Gasteiger partial charge in [0.15, 0.2) is 7.05 Å². The Morgan fingerprint density at radius 2 is 1.79 bits per heavy atom. The number of hydrogen-bond acceptors (Lipinski definition) is 3. The van der Waals surface area contributed by atoms with Gasteiger partial charge in [0.2, 0.25) is 5.91 Å². The van der Waals surface area contributed by atoms with Gasteiger partial charge in [-0.05, 0) is 43.2 Å². The summed E-state index contributed by atoms with van der Waals surface area (Å²) < 4.78 is 15.2. The van der Waals surface area contributed by atoms with Gasteiger partial charge in [-0.3, -0.25) is 9.59 Å². The van der Waals surface area contributed by atoms with Gasteiger partial charge in [0.1, 0.15) is 5.82 Å². The molecule has 2 amide bonds. The van der Waals surface area contributed by atoms with Crippen molar-refractivity contribution in [3.05, 3.63) is 63.2 Å². The van der Waals surface area contributed by atoms with Crippen molar-refractivity contribution in [2.24, 2.45) is 5.92 Å². The Bertz CT molecular complexity index is 909. The summed E-state index contributed by atoms with van der Waals surface area (Å²) in [6.45, 7) is 0.895. The Labute approximate surface area is 170 Å². The molecule has 2 aromatic carbocycles. The summed E-state index contributed by atoms with van der Waals surface area (Å²) >= 11 is 3.18. The lowest BCUT2D eigenvalue weighted by molar-refractivity contribution is -0.428. The Morgan fingerprint density at radius 1 is 1.14 bits per heavy atom. The fourth-order valence-corrected chi connectivity index (χ4v) is 3.50. The highest BCUT2D eigenvalue weighted by Crippen LogP contribution is 2.24. The molecule has 6 nitrogen and oxygen atoms in total. The van der Waals surface area contributed by atoms with Gasteiger partial charge in [0.05, 0.1) is 5.69 Å². The maximum Gasteiger partial charge on any atom is 0.255 e. The zero-order chi connectivity index (χ0) is 20.3. The molecule has 1 aliphatic heterocycles. The van der Waals surface area contributed by atoms with Gasteiger partial charge >= 0.3 is 0 Å². The maximum absolute atomic E-state index is 13.9. The highest BCUT2D eigenvalue weighted by Gasteiger charge is 2.28. The largest absolute Gasteiger partial charge is 0.339 e. The predicted octanol–water partition coefficient (Wildman–Crippen LogP) is 4.12. The van der Waals surface area contributed by atoms with Crippen LogP contribution in [0.4, 0.5) is 15.8 Å². The van der Waals surface area contributed by atoms with E-state index in [4.69, 9.17) is 0 Å². The fourth-order valence-electron chi connectivity index (χ4n) is 3.17. The second-order valence-corrected chi connectivity index (χ2v) is 7.64. The van der Waals surface area contributed by atoms with Crippen molar-refractivity contribution in [2.75, 3.05) is 25.5 Å². The van der Waals surface area contributed by atoms with Crippen LogP contribution in [0, 0.1) is 16.6 Å². The van der Waals surface area contributed by atoms with Crippen molar-refractivity contribution in [3.63, 3.8) is 0 Å². The van der Waals surface area contributed by atoms with Crippen LogP contribution in [0.25, 0.3) is 0 Å². The standard InChI is InChI=1S/C20H19BrFN3O3/c1-24(28)16-5-2-14(3-6-16)20(27)25-10-8-13(9-11-25)19(26)23-18-7-4-15(21)12-17(18)22/h2-7,12-13H,8-11H2,1H3/p+1. The molecule has 146 valence electrons. The summed E-state index contributed by atoms with van der Waals surface area (Å²) in [4.78, 5) is 38.0. The zero-order valence-electron chi connectivity index (χ0n) is 15.3. The number of carbonyl (C=O) groups excluding carboxylic acids is 2. The zero-order valence-corrected chi connectivity index (χ0v) is 16.9. The molecule has 3 rings (SSSR count). The number of piperidine rings is 1. The number of benzene rings is 2. The Hall–Kier alpha value is -2.61. The molecule has 0 aliphatic carbocycles. The second-order valence-electron chi connectivity index (χ2n) is 6.72. The van der Waals surface area contributed by atoms with Crippen LogP contribution in [0.3, 0.4) is 0 Å². The van der Waals surface area contributed by atoms with Gasteiger partial charge in [0.25, 0.3) is 11.6 Å². The number of nitrogens with zero attached hydrogens (tertiary/aromatic N) is 2. The number of nitrogens with one attached hydrogen (secondary N) is 1. The lowest BCUT2D eigenvalue weighted by Gasteiger charge is -2.31. The molecule has 1 N–H and O–H groups in total. The van der Waals surface area contributed by atoms with E-state index in [-0.39, 0.29) is 23.4 Å². The van der Waals surface area contributed by atoms with E-state index in [9.17, 15) is 18.9 Å². The highest BCUT2D eigenvalue weighted by molar-refractivity contribution is 9.10. The van der Waals surface area contributed by atoms with Crippen molar-refractivity contribution in [2.45, 2.75) is 12.8 Å². The predicted molar refractivity (Wildman–Crippen MR) is 107 cm³/mol. The molecule has 0 aromatic heterocycles. The van der Waals surface area contributed by atoms with E-state index >= 15 is 0 Å². The lowest BCUT2D eigenvalue weighted by Crippen LogP contribution is -2.41. The number of nitroso groups, excluding NO2 is 1. The summed E-state index contributed by atoms with van der Waals surface area (Å²) in [5, 5.41) is 2.63. The molecule has 1 heterocycles. The third-order valence-electron chi connectivity index (χ3n) is 4.82.